The molecule has 1 aliphatic carbocycles. The van der Waals surface area contributed by atoms with Gasteiger partial charge >= 0.3 is 6.03 Å². The summed E-state index contributed by atoms with van der Waals surface area (Å²) in [4.78, 5) is 16.3. The van der Waals surface area contributed by atoms with E-state index < -0.39 is 35.3 Å². The van der Waals surface area contributed by atoms with E-state index in [0.717, 1.165) is 18.2 Å². The number of nitrogens with one attached hydrogen (secondary N) is 2. The molecule has 10 heteroatoms. The maximum Gasteiger partial charge on any atom is 0.320 e. The van der Waals surface area contributed by atoms with E-state index in [-0.39, 0.29) is 47.1 Å². The zero-order chi connectivity index (χ0) is 22.4. The molecule has 1 fully saturated rings. The van der Waals surface area contributed by atoms with Crippen LogP contribution in [-0.2, 0) is 0 Å². The predicted molar refractivity (Wildman–Crippen MR) is 105 cm³/mol. The van der Waals surface area contributed by atoms with Crippen LogP contribution in [0.1, 0.15) is 11.5 Å². The van der Waals surface area contributed by atoms with Gasteiger partial charge in [0.1, 0.15) is 17.4 Å². The van der Waals surface area contributed by atoms with Crippen molar-refractivity contribution in [2.75, 3.05) is 11.9 Å². The molecule has 1 aromatic heterocycles. The number of halogens is 4. The highest BCUT2D eigenvalue weighted by Crippen LogP contribution is 2.55. The Morgan fingerprint density at radius 2 is 1.84 bits per heavy atom. The molecular formula is C22H15F4N3O3. The molecule has 2 aliphatic rings. The van der Waals surface area contributed by atoms with E-state index in [1.54, 1.807) is 0 Å². The van der Waals surface area contributed by atoms with Crippen LogP contribution in [0.25, 0.3) is 0 Å². The lowest BCUT2D eigenvalue weighted by atomic mass is 10.0. The summed E-state index contributed by atoms with van der Waals surface area (Å²) < 4.78 is 65.6. The summed E-state index contributed by atoms with van der Waals surface area (Å²) in [5.41, 5.74) is 0.135. The first-order valence-electron chi connectivity index (χ1n) is 9.68. The van der Waals surface area contributed by atoms with Gasteiger partial charge in [-0.2, -0.15) is 4.39 Å². The summed E-state index contributed by atoms with van der Waals surface area (Å²) in [6.07, 6.45) is 1.24. The van der Waals surface area contributed by atoms with Crippen LogP contribution in [0.3, 0.4) is 0 Å². The number of rotatable bonds is 4. The molecule has 164 valence electrons. The van der Waals surface area contributed by atoms with E-state index in [0.29, 0.717) is 0 Å². The Kier molecular flexibility index (Phi) is 4.84. The molecule has 2 amide bonds. The van der Waals surface area contributed by atoms with Gasteiger partial charge in [-0.1, -0.05) is 6.07 Å². The van der Waals surface area contributed by atoms with Crippen LogP contribution in [0.5, 0.6) is 17.2 Å². The molecular weight excluding hydrogens is 430 g/mol. The Hall–Kier alpha value is -3.82. The van der Waals surface area contributed by atoms with Gasteiger partial charge in [0.15, 0.2) is 23.1 Å². The summed E-state index contributed by atoms with van der Waals surface area (Å²) in [5, 5.41) is 5.24. The van der Waals surface area contributed by atoms with Gasteiger partial charge in [0.2, 0.25) is 5.82 Å². The third-order valence-electron chi connectivity index (χ3n) is 5.44. The minimum absolute atomic E-state index is 0.108. The predicted octanol–water partition coefficient (Wildman–Crippen LogP) is 4.73. The number of urea groups is 1. The maximum atomic E-state index is 14.2. The molecule has 32 heavy (non-hydrogen) atoms. The van der Waals surface area contributed by atoms with Crippen LogP contribution in [0.2, 0.25) is 0 Å². The molecule has 6 nitrogen and oxygen atoms in total. The fraction of sp³-hybridized carbons (Fsp3) is 0.182. The number of anilines is 1. The summed E-state index contributed by atoms with van der Waals surface area (Å²) in [6.45, 7) is 0.171. The molecule has 0 radical (unpaired) electrons. The lowest BCUT2D eigenvalue weighted by Gasteiger charge is -2.16. The van der Waals surface area contributed by atoms with Crippen molar-refractivity contribution in [2.45, 2.75) is 12.0 Å². The molecule has 1 aliphatic heterocycles. The van der Waals surface area contributed by atoms with E-state index in [2.05, 4.69) is 15.6 Å². The molecule has 1 saturated carbocycles. The van der Waals surface area contributed by atoms with Crippen LogP contribution >= 0.6 is 0 Å². The number of amides is 2. The van der Waals surface area contributed by atoms with Crippen molar-refractivity contribution in [1.29, 1.82) is 0 Å². The van der Waals surface area contributed by atoms with Crippen LogP contribution in [0, 0.1) is 29.2 Å². The van der Waals surface area contributed by atoms with Gasteiger partial charge in [0.05, 0.1) is 12.8 Å². The molecule has 2 aromatic carbocycles. The quantitative estimate of drug-likeness (QED) is 0.570. The zero-order valence-corrected chi connectivity index (χ0v) is 16.2. The Labute approximate surface area is 179 Å². The van der Waals surface area contributed by atoms with Gasteiger partial charge in [-0.05, 0) is 36.4 Å². The number of nitrogens with zero attached hydrogens (tertiary/aromatic N) is 1. The standard InChI is InChI=1S/C22H15F4N3O3/c23-12-5-6-14(25)21-18(12)17-11(9-31-21)20(17)29-22(30)28-16-7-4-10(8-27-16)32-15-3-1-2-13(24)19(15)26/h1-8,11,17,20H,9H2,(H2,27,28,29,30). The molecule has 3 atom stereocenters. The van der Waals surface area contributed by atoms with Gasteiger partial charge in [-0.25, -0.2) is 22.9 Å². The van der Waals surface area contributed by atoms with Crippen molar-refractivity contribution in [2.24, 2.45) is 5.92 Å². The third kappa shape index (κ3) is 3.57. The SMILES string of the molecule is O=C(Nc1ccc(Oc2cccc(F)c2F)cn1)NC1C2COc3c(F)ccc(F)c3C21. The van der Waals surface area contributed by atoms with Crippen molar-refractivity contribution in [3.8, 4) is 17.2 Å². The van der Waals surface area contributed by atoms with Gasteiger partial charge in [-0.3, -0.25) is 5.32 Å². The van der Waals surface area contributed by atoms with E-state index in [4.69, 9.17) is 9.47 Å². The molecule has 5 rings (SSSR count). The third-order valence-corrected chi connectivity index (χ3v) is 5.44. The average Bonchev–Trinajstić information content (AvgIpc) is 3.47. The second kappa shape index (κ2) is 7.70. The topological polar surface area (TPSA) is 72.5 Å². The summed E-state index contributed by atoms with van der Waals surface area (Å²) >= 11 is 0. The largest absolute Gasteiger partial charge is 0.490 e. The highest BCUT2D eigenvalue weighted by Gasteiger charge is 2.57. The number of carbonyl (C=O) groups excluding carboxylic acids is 1. The first-order chi connectivity index (χ1) is 15.4. The summed E-state index contributed by atoms with van der Waals surface area (Å²) in [5.74, 6) is -4.00. The second-order valence-electron chi connectivity index (χ2n) is 7.43. The normalized spacial score (nSPS) is 20.4. The number of ether oxygens (including phenoxy) is 2. The van der Waals surface area contributed by atoms with Crippen molar-refractivity contribution in [3.05, 3.63) is 77.5 Å². The Morgan fingerprint density at radius 3 is 2.62 bits per heavy atom. The van der Waals surface area contributed by atoms with Crippen molar-refractivity contribution in [1.82, 2.24) is 10.3 Å². The second-order valence-corrected chi connectivity index (χ2v) is 7.43. The minimum Gasteiger partial charge on any atom is -0.490 e. The molecule has 0 saturated heterocycles. The van der Waals surface area contributed by atoms with Gasteiger partial charge in [0.25, 0.3) is 0 Å². The van der Waals surface area contributed by atoms with Gasteiger partial charge in [0, 0.05) is 23.4 Å². The Bertz CT molecular complexity index is 1210. The fourth-order valence-corrected chi connectivity index (χ4v) is 3.87. The number of aromatic nitrogens is 1. The summed E-state index contributed by atoms with van der Waals surface area (Å²) in [6, 6.07) is 7.44. The zero-order valence-electron chi connectivity index (χ0n) is 16.2. The van der Waals surface area contributed by atoms with E-state index in [9.17, 15) is 22.4 Å². The van der Waals surface area contributed by atoms with Crippen LogP contribution in [0.15, 0.2) is 48.7 Å². The molecule has 0 spiro atoms. The van der Waals surface area contributed by atoms with Crippen molar-refractivity contribution >= 4 is 11.8 Å². The van der Waals surface area contributed by atoms with Crippen LogP contribution < -0.4 is 20.1 Å². The number of carbonyl (C=O) groups is 1. The number of hydrogen-bond donors (Lipinski definition) is 2. The molecule has 2 heterocycles. The number of fused-ring (bicyclic) bond motifs is 3. The first kappa shape index (κ1) is 20.1. The summed E-state index contributed by atoms with van der Waals surface area (Å²) in [7, 11) is 0. The average molecular weight is 445 g/mol. The van der Waals surface area contributed by atoms with E-state index >= 15 is 0 Å². The maximum absolute atomic E-state index is 14.2. The Morgan fingerprint density at radius 1 is 1.03 bits per heavy atom. The smallest absolute Gasteiger partial charge is 0.320 e. The Balaban J connectivity index is 1.21. The van der Waals surface area contributed by atoms with E-state index in [1.807, 2.05) is 0 Å². The van der Waals surface area contributed by atoms with Crippen molar-refractivity contribution < 1.29 is 31.8 Å². The lowest BCUT2D eigenvalue weighted by Crippen LogP contribution is -2.32. The van der Waals surface area contributed by atoms with Crippen LogP contribution in [-0.4, -0.2) is 23.7 Å². The first-order valence-corrected chi connectivity index (χ1v) is 9.68. The van der Waals surface area contributed by atoms with Gasteiger partial charge < -0.3 is 14.8 Å². The monoisotopic (exact) mass is 445 g/mol. The molecule has 0 bridgehead atoms. The number of benzene rings is 2. The van der Waals surface area contributed by atoms with Crippen LogP contribution in [0.4, 0.5) is 28.2 Å². The molecule has 3 unspecified atom stereocenters. The minimum atomic E-state index is -1.12. The number of hydrogen-bond acceptors (Lipinski definition) is 4. The highest BCUT2D eigenvalue weighted by atomic mass is 19.2. The van der Waals surface area contributed by atoms with Crippen molar-refractivity contribution in [3.63, 3.8) is 0 Å². The molecule has 2 N–H and O–H groups in total. The van der Waals surface area contributed by atoms with Gasteiger partial charge in [-0.15, -0.1) is 0 Å². The fourth-order valence-electron chi connectivity index (χ4n) is 3.87. The lowest BCUT2D eigenvalue weighted by molar-refractivity contribution is 0.247. The van der Waals surface area contributed by atoms with E-state index in [1.165, 1.54) is 30.5 Å². The number of pyridine rings is 1. The highest BCUT2D eigenvalue weighted by molar-refractivity contribution is 5.89. The molecule has 3 aromatic rings.